The number of aliphatic hydroxyl groups excluding tert-OH is 1. The van der Waals surface area contributed by atoms with Gasteiger partial charge in [-0.05, 0) is 37.8 Å². The molecule has 126 valence electrons. The number of amides is 1. The summed E-state index contributed by atoms with van der Waals surface area (Å²) in [6.45, 7) is 1.02. The van der Waals surface area contributed by atoms with E-state index in [9.17, 15) is 9.90 Å². The number of likely N-dealkylation sites (tertiary alicyclic amines) is 1. The molecule has 1 aromatic heterocycles. The van der Waals surface area contributed by atoms with Gasteiger partial charge in [0, 0.05) is 20.8 Å². The van der Waals surface area contributed by atoms with E-state index in [2.05, 4.69) is 4.98 Å². The first-order valence-corrected chi connectivity index (χ1v) is 8.08. The van der Waals surface area contributed by atoms with E-state index in [1.807, 2.05) is 17.0 Å². The summed E-state index contributed by atoms with van der Waals surface area (Å²) < 4.78 is 10.9. The first-order valence-electron chi connectivity index (χ1n) is 8.08. The van der Waals surface area contributed by atoms with E-state index >= 15 is 0 Å². The number of hydrogen-bond acceptors (Lipinski definition) is 5. The number of aliphatic hydroxyl groups is 1. The van der Waals surface area contributed by atoms with Crippen molar-refractivity contribution in [3.63, 3.8) is 0 Å². The molecule has 3 rings (SSSR count). The third-order valence-corrected chi connectivity index (χ3v) is 5.14. The molecule has 0 radical (unpaired) electrons. The van der Waals surface area contributed by atoms with Crippen molar-refractivity contribution in [2.45, 2.75) is 50.0 Å². The molecule has 2 aliphatic rings. The molecule has 1 saturated carbocycles. The van der Waals surface area contributed by atoms with Crippen molar-refractivity contribution in [1.82, 2.24) is 9.88 Å². The Morgan fingerprint density at radius 3 is 3.00 bits per heavy atom. The number of hydrogen-bond donors (Lipinski definition) is 1. The van der Waals surface area contributed by atoms with E-state index < -0.39 is 0 Å². The van der Waals surface area contributed by atoms with Gasteiger partial charge in [0.2, 0.25) is 0 Å². The summed E-state index contributed by atoms with van der Waals surface area (Å²) in [5.41, 5.74) is 0.838. The van der Waals surface area contributed by atoms with Crippen LogP contribution in [0.5, 0.6) is 0 Å². The summed E-state index contributed by atoms with van der Waals surface area (Å²) in [5.74, 6) is -0.0963. The van der Waals surface area contributed by atoms with Gasteiger partial charge in [0.25, 0.3) is 5.91 Å². The largest absolute Gasteiger partial charge is 0.393 e. The van der Waals surface area contributed by atoms with Gasteiger partial charge in [-0.2, -0.15) is 0 Å². The average molecular weight is 320 g/mol. The first kappa shape index (κ1) is 16.4. The first-order chi connectivity index (χ1) is 11.1. The second kappa shape index (κ2) is 6.55. The van der Waals surface area contributed by atoms with E-state index in [1.54, 1.807) is 20.3 Å². The highest BCUT2D eigenvalue weighted by atomic mass is 16.5. The number of nitrogens with zero attached hydrogens (tertiary/aromatic N) is 2. The zero-order valence-corrected chi connectivity index (χ0v) is 13.7. The molecule has 1 amide bonds. The third-order valence-electron chi connectivity index (χ3n) is 5.14. The Labute approximate surface area is 136 Å². The van der Waals surface area contributed by atoms with Gasteiger partial charge in [0.1, 0.15) is 5.69 Å². The molecule has 1 aliphatic heterocycles. The van der Waals surface area contributed by atoms with Gasteiger partial charge in [-0.15, -0.1) is 0 Å². The van der Waals surface area contributed by atoms with Gasteiger partial charge in [-0.1, -0.05) is 6.07 Å². The zero-order valence-electron chi connectivity index (χ0n) is 13.7. The molecule has 0 bridgehead atoms. The lowest BCUT2D eigenvalue weighted by atomic mass is 9.79. The Morgan fingerprint density at radius 1 is 1.43 bits per heavy atom. The number of aromatic nitrogens is 1. The van der Waals surface area contributed by atoms with Crippen LogP contribution in [0.4, 0.5) is 0 Å². The normalized spacial score (nSPS) is 30.3. The van der Waals surface area contributed by atoms with E-state index in [1.165, 1.54) is 0 Å². The molecule has 0 unspecified atom stereocenters. The van der Waals surface area contributed by atoms with Crippen LogP contribution in [0.3, 0.4) is 0 Å². The molecule has 1 aromatic rings. The van der Waals surface area contributed by atoms with Crippen LogP contribution in [-0.4, -0.2) is 59.4 Å². The smallest absolute Gasteiger partial charge is 0.272 e. The minimum Gasteiger partial charge on any atom is -0.393 e. The fourth-order valence-electron chi connectivity index (χ4n) is 3.89. The van der Waals surface area contributed by atoms with Gasteiger partial charge in [-0.3, -0.25) is 4.79 Å². The molecule has 6 heteroatoms. The number of carbonyl (C=O) groups is 1. The highest BCUT2D eigenvalue weighted by Gasteiger charge is 2.52. The van der Waals surface area contributed by atoms with Crippen molar-refractivity contribution in [1.29, 1.82) is 0 Å². The van der Waals surface area contributed by atoms with Gasteiger partial charge in [0.05, 0.1) is 30.0 Å². The zero-order chi connectivity index (χ0) is 16.4. The number of pyridine rings is 1. The van der Waals surface area contributed by atoms with Crippen LogP contribution in [0.1, 0.15) is 41.9 Å². The Balaban J connectivity index is 1.83. The van der Waals surface area contributed by atoms with Gasteiger partial charge in [0.15, 0.2) is 0 Å². The minimum absolute atomic E-state index is 0.0865. The molecule has 3 atom stereocenters. The maximum atomic E-state index is 12.9. The van der Waals surface area contributed by atoms with Crippen molar-refractivity contribution >= 4 is 5.91 Å². The fraction of sp³-hybridized carbons (Fsp3) is 0.647. The Morgan fingerprint density at radius 2 is 2.26 bits per heavy atom. The molecule has 1 aliphatic carbocycles. The van der Waals surface area contributed by atoms with Gasteiger partial charge >= 0.3 is 0 Å². The molecule has 2 fully saturated rings. The quantitative estimate of drug-likeness (QED) is 0.907. The van der Waals surface area contributed by atoms with Crippen molar-refractivity contribution < 1.29 is 19.4 Å². The number of rotatable bonds is 4. The van der Waals surface area contributed by atoms with Crippen molar-refractivity contribution in [3.8, 4) is 0 Å². The van der Waals surface area contributed by atoms with Crippen LogP contribution in [0.2, 0.25) is 0 Å². The average Bonchev–Trinajstić information content (AvgIpc) is 2.94. The van der Waals surface area contributed by atoms with Gasteiger partial charge in [-0.25, -0.2) is 4.98 Å². The van der Waals surface area contributed by atoms with E-state index in [-0.39, 0.29) is 23.7 Å². The fourth-order valence-corrected chi connectivity index (χ4v) is 3.89. The lowest BCUT2D eigenvalue weighted by Crippen LogP contribution is -2.52. The predicted molar refractivity (Wildman–Crippen MR) is 84.0 cm³/mol. The second-order valence-electron chi connectivity index (χ2n) is 6.41. The highest BCUT2D eigenvalue weighted by molar-refractivity contribution is 5.93. The molecule has 1 N–H and O–H groups in total. The molecular formula is C17H24N2O4. The number of fused-ring (bicyclic) bond motifs is 1. The number of ether oxygens (including phenoxy) is 2. The molecule has 0 spiro atoms. The Kier molecular flexibility index (Phi) is 4.66. The van der Waals surface area contributed by atoms with E-state index in [0.29, 0.717) is 25.3 Å². The highest BCUT2D eigenvalue weighted by Crippen LogP contribution is 2.42. The standard InChI is InChI=1S/C17H24N2O4/c1-22-11-12-4-3-5-14(18-12)16(21)19-9-8-17(23-2)7-6-13(20)10-15(17)19/h3-5,13,15,20H,6-11H2,1-2H3/t13-,15+,17-/m1/s1. The lowest BCUT2D eigenvalue weighted by Gasteiger charge is -2.42. The van der Waals surface area contributed by atoms with E-state index in [4.69, 9.17) is 9.47 Å². The Hall–Kier alpha value is -1.50. The summed E-state index contributed by atoms with van der Waals surface area (Å²) in [6.07, 6.45) is 2.52. The summed E-state index contributed by atoms with van der Waals surface area (Å²) in [6, 6.07) is 5.31. The van der Waals surface area contributed by atoms with Crippen LogP contribution in [-0.2, 0) is 16.1 Å². The van der Waals surface area contributed by atoms with Crippen molar-refractivity contribution in [2.75, 3.05) is 20.8 Å². The second-order valence-corrected chi connectivity index (χ2v) is 6.41. The minimum atomic E-state index is -0.371. The van der Waals surface area contributed by atoms with Crippen molar-refractivity contribution in [3.05, 3.63) is 29.6 Å². The topological polar surface area (TPSA) is 71.9 Å². The summed E-state index contributed by atoms with van der Waals surface area (Å²) in [5, 5.41) is 10.0. The molecule has 1 saturated heterocycles. The van der Waals surface area contributed by atoms with Crippen LogP contribution in [0, 0.1) is 0 Å². The molecule has 6 nitrogen and oxygen atoms in total. The van der Waals surface area contributed by atoms with Crippen LogP contribution < -0.4 is 0 Å². The van der Waals surface area contributed by atoms with Crippen LogP contribution in [0.15, 0.2) is 18.2 Å². The third kappa shape index (κ3) is 2.98. The van der Waals surface area contributed by atoms with Crippen LogP contribution >= 0.6 is 0 Å². The lowest BCUT2D eigenvalue weighted by molar-refractivity contribution is -0.0824. The van der Waals surface area contributed by atoms with Crippen LogP contribution in [0.25, 0.3) is 0 Å². The maximum Gasteiger partial charge on any atom is 0.272 e. The monoisotopic (exact) mass is 320 g/mol. The predicted octanol–water partition coefficient (Wildman–Crippen LogP) is 1.37. The maximum absolute atomic E-state index is 12.9. The SMILES string of the molecule is COCc1cccc(C(=O)N2CC[C@]3(OC)CC[C@@H](O)C[C@H]23)n1. The molecular weight excluding hydrogens is 296 g/mol. The van der Waals surface area contributed by atoms with E-state index in [0.717, 1.165) is 25.0 Å². The molecule has 2 heterocycles. The Bertz CT molecular complexity index is 579. The summed E-state index contributed by atoms with van der Waals surface area (Å²) in [7, 11) is 3.31. The van der Waals surface area contributed by atoms with Gasteiger partial charge < -0.3 is 19.5 Å². The summed E-state index contributed by atoms with van der Waals surface area (Å²) >= 11 is 0. The number of methoxy groups -OCH3 is 2. The van der Waals surface area contributed by atoms with Crippen molar-refractivity contribution in [2.24, 2.45) is 0 Å². The summed E-state index contributed by atoms with van der Waals surface area (Å²) in [4.78, 5) is 19.1. The molecule has 0 aromatic carbocycles. The molecule has 23 heavy (non-hydrogen) atoms. The number of carbonyl (C=O) groups excluding carboxylic acids is 1.